The third-order valence-electron chi connectivity index (χ3n) is 2.75. The Morgan fingerprint density at radius 3 is 3.00 bits per heavy atom. The number of anilines is 1. The number of nitrogens with one attached hydrogen (secondary N) is 1. The second kappa shape index (κ2) is 5.17. The van der Waals surface area contributed by atoms with Crippen LogP contribution in [-0.4, -0.2) is 20.1 Å². The molecule has 0 atom stereocenters. The first-order chi connectivity index (χ1) is 9.75. The summed E-state index contributed by atoms with van der Waals surface area (Å²) in [4.78, 5) is 14.9. The van der Waals surface area contributed by atoms with E-state index in [-0.39, 0.29) is 5.69 Å². The second-order valence-corrected chi connectivity index (χ2v) is 4.87. The lowest BCUT2D eigenvalue weighted by Crippen LogP contribution is -2.04. The second-order valence-electron chi connectivity index (χ2n) is 3.99. The van der Waals surface area contributed by atoms with Crippen LogP contribution in [0.25, 0.3) is 10.2 Å². The first-order valence-electron chi connectivity index (χ1n) is 5.77. The summed E-state index contributed by atoms with van der Waals surface area (Å²) in [5, 5.41) is 21.9. The summed E-state index contributed by atoms with van der Waals surface area (Å²) in [5.41, 5.74) is 3.14. The van der Waals surface area contributed by atoms with Crippen molar-refractivity contribution in [2.75, 3.05) is 5.32 Å². The van der Waals surface area contributed by atoms with Gasteiger partial charge < -0.3 is 5.32 Å². The Balaban J connectivity index is 1.94. The van der Waals surface area contributed by atoms with Gasteiger partial charge in [0, 0.05) is 6.20 Å². The summed E-state index contributed by atoms with van der Waals surface area (Å²) in [7, 11) is 0. The lowest BCUT2D eigenvalue weighted by atomic mass is 10.2. The minimum absolute atomic E-state index is 0.00681. The molecule has 0 aliphatic carbocycles. The van der Waals surface area contributed by atoms with Gasteiger partial charge in [0.1, 0.15) is 5.69 Å². The van der Waals surface area contributed by atoms with E-state index in [1.54, 1.807) is 29.9 Å². The molecule has 0 unspecified atom stereocenters. The topological polar surface area (TPSA) is 93.8 Å². The minimum atomic E-state index is -0.416. The predicted octanol–water partition coefficient (Wildman–Crippen LogP) is 2.61. The van der Waals surface area contributed by atoms with Gasteiger partial charge in [-0.1, -0.05) is 0 Å². The zero-order valence-corrected chi connectivity index (χ0v) is 11.0. The maximum Gasteiger partial charge on any atom is 0.319 e. The standard InChI is InChI=1S/C12H9N5O2S/c18-17(19)12-9(3-4-10-11(12)14-7-20-10)13-6-8-2-1-5-15-16-8/h1-5,7,13H,6H2. The summed E-state index contributed by atoms with van der Waals surface area (Å²) >= 11 is 1.38. The van der Waals surface area contributed by atoms with Gasteiger partial charge in [-0.05, 0) is 24.3 Å². The molecule has 7 nitrogen and oxygen atoms in total. The largest absolute Gasteiger partial charge is 0.374 e. The highest BCUT2D eigenvalue weighted by molar-refractivity contribution is 7.16. The van der Waals surface area contributed by atoms with E-state index < -0.39 is 4.92 Å². The van der Waals surface area contributed by atoms with E-state index >= 15 is 0 Å². The molecule has 2 heterocycles. The molecule has 1 aromatic carbocycles. The van der Waals surface area contributed by atoms with Crippen LogP contribution >= 0.6 is 11.3 Å². The number of hydrogen-bond donors (Lipinski definition) is 1. The highest BCUT2D eigenvalue weighted by Gasteiger charge is 2.20. The van der Waals surface area contributed by atoms with Crippen LogP contribution in [0.5, 0.6) is 0 Å². The number of benzene rings is 1. The first-order valence-corrected chi connectivity index (χ1v) is 6.64. The summed E-state index contributed by atoms with van der Waals surface area (Å²) in [6.45, 7) is 0.365. The molecule has 0 spiro atoms. The molecule has 0 amide bonds. The number of nitrogens with zero attached hydrogens (tertiary/aromatic N) is 4. The van der Waals surface area contributed by atoms with Crippen molar-refractivity contribution >= 4 is 32.9 Å². The van der Waals surface area contributed by atoms with Crippen molar-refractivity contribution in [2.45, 2.75) is 6.54 Å². The Kier molecular flexibility index (Phi) is 3.21. The van der Waals surface area contributed by atoms with Crippen molar-refractivity contribution in [1.82, 2.24) is 15.2 Å². The van der Waals surface area contributed by atoms with Crippen molar-refractivity contribution in [3.63, 3.8) is 0 Å². The fourth-order valence-corrected chi connectivity index (χ4v) is 2.54. The SMILES string of the molecule is O=[N+]([O-])c1c(NCc2cccnn2)ccc2scnc12. The Morgan fingerprint density at radius 1 is 1.35 bits per heavy atom. The van der Waals surface area contributed by atoms with Crippen LogP contribution in [-0.2, 0) is 6.54 Å². The lowest BCUT2D eigenvalue weighted by Gasteiger charge is -2.06. The molecule has 2 aromatic heterocycles. The Hall–Kier alpha value is -2.61. The van der Waals surface area contributed by atoms with E-state index in [2.05, 4.69) is 20.5 Å². The molecule has 100 valence electrons. The Labute approximate surface area is 117 Å². The van der Waals surface area contributed by atoms with Gasteiger partial charge >= 0.3 is 5.69 Å². The highest BCUT2D eigenvalue weighted by atomic mass is 32.1. The molecule has 8 heteroatoms. The minimum Gasteiger partial charge on any atom is -0.374 e. The van der Waals surface area contributed by atoms with Gasteiger partial charge in [-0.25, -0.2) is 4.98 Å². The number of rotatable bonds is 4. The first kappa shape index (κ1) is 12.4. The zero-order valence-electron chi connectivity index (χ0n) is 10.2. The molecule has 0 aliphatic rings. The molecule has 0 fully saturated rings. The molecule has 0 aliphatic heterocycles. The maximum atomic E-state index is 11.2. The summed E-state index contributed by atoms with van der Waals surface area (Å²) in [6, 6.07) is 7.07. The van der Waals surface area contributed by atoms with Crippen molar-refractivity contribution < 1.29 is 4.92 Å². The van der Waals surface area contributed by atoms with Crippen molar-refractivity contribution in [1.29, 1.82) is 0 Å². The molecule has 0 saturated heterocycles. The van der Waals surface area contributed by atoms with Gasteiger partial charge in [0.25, 0.3) is 0 Å². The average Bonchev–Trinajstić information content (AvgIpc) is 2.93. The monoisotopic (exact) mass is 287 g/mol. The molecular formula is C12H9N5O2S. The van der Waals surface area contributed by atoms with Crippen molar-refractivity contribution in [2.24, 2.45) is 0 Å². The number of fused-ring (bicyclic) bond motifs is 1. The number of nitro groups is 1. The lowest BCUT2D eigenvalue weighted by molar-refractivity contribution is -0.382. The van der Waals surface area contributed by atoms with Crippen LogP contribution in [0, 0.1) is 10.1 Å². The van der Waals surface area contributed by atoms with Gasteiger partial charge in [0.15, 0.2) is 5.52 Å². The van der Waals surface area contributed by atoms with Crippen LogP contribution in [0.3, 0.4) is 0 Å². The molecule has 3 rings (SSSR count). The third kappa shape index (κ3) is 2.28. The Morgan fingerprint density at radius 2 is 2.25 bits per heavy atom. The van der Waals surface area contributed by atoms with Crippen LogP contribution in [0.1, 0.15) is 5.69 Å². The third-order valence-corrected chi connectivity index (χ3v) is 3.54. The zero-order chi connectivity index (χ0) is 13.9. The van der Waals surface area contributed by atoms with Crippen LogP contribution in [0.2, 0.25) is 0 Å². The van der Waals surface area contributed by atoms with Crippen LogP contribution in [0.15, 0.2) is 36.0 Å². The van der Waals surface area contributed by atoms with Crippen molar-refractivity contribution in [3.8, 4) is 0 Å². The average molecular weight is 287 g/mol. The van der Waals surface area contributed by atoms with Gasteiger partial charge in [-0.3, -0.25) is 10.1 Å². The maximum absolute atomic E-state index is 11.2. The fourth-order valence-electron chi connectivity index (χ4n) is 1.86. The van der Waals surface area contributed by atoms with Gasteiger partial charge in [-0.2, -0.15) is 10.2 Å². The number of thiazole rings is 1. The fraction of sp³-hybridized carbons (Fsp3) is 0.0833. The summed E-state index contributed by atoms with van der Waals surface area (Å²) in [6.07, 6.45) is 1.58. The van der Waals surface area contributed by atoms with E-state index in [0.29, 0.717) is 23.4 Å². The van der Waals surface area contributed by atoms with E-state index in [1.165, 1.54) is 11.3 Å². The molecule has 0 radical (unpaired) electrons. The predicted molar refractivity (Wildman–Crippen MR) is 75.6 cm³/mol. The number of aromatic nitrogens is 3. The van der Waals surface area contributed by atoms with E-state index in [4.69, 9.17) is 0 Å². The summed E-state index contributed by atoms with van der Waals surface area (Å²) < 4.78 is 0.793. The smallest absolute Gasteiger partial charge is 0.319 e. The molecular weight excluding hydrogens is 278 g/mol. The van der Waals surface area contributed by atoms with Gasteiger partial charge in [-0.15, -0.1) is 11.3 Å². The van der Waals surface area contributed by atoms with Gasteiger partial charge in [0.2, 0.25) is 0 Å². The van der Waals surface area contributed by atoms with Crippen LogP contribution in [0.4, 0.5) is 11.4 Å². The molecule has 0 bridgehead atoms. The molecule has 20 heavy (non-hydrogen) atoms. The Bertz CT molecular complexity index is 759. The molecule has 0 saturated carbocycles. The quantitative estimate of drug-likeness (QED) is 0.585. The van der Waals surface area contributed by atoms with E-state index in [9.17, 15) is 10.1 Å². The van der Waals surface area contributed by atoms with Crippen molar-refractivity contribution in [3.05, 3.63) is 51.8 Å². The summed E-state index contributed by atoms with van der Waals surface area (Å²) in [5.74, 6) is 0. The van der Waals surface area contributed by atoms with Gasteiger partial charge in [0.05, 0.1) is 27.4 Å². The number of nitro benzene ring substituents is 1. The molecule has 3 aromatic rings. The normalized spacial score (nSPS) is 10.6. The van der Waals surface area contributed by atoms with Crippen LogP contribution < -0.4 is 5.32 Å². The van der Waals surface area contributed by atoms with E-state index in [1.807, 2.05) is 6.07 Å². The highest BCUT2D eigenvalue weighted by Crippen LogP contribution is 2.34. The molecule has 1 N–H and O–H groups in total. The number of hydrogen-bond acceptors (Lipinski definition) is 7. The van der Waals surface area contributed by atoms with E-state index in [0.717, 1.165) is 4.70 Å².